The summed E-state index contributed by atoms with van der Waals surface area (Å²) in [7, 11) is 1.56. The molecule has 31 heavy (non-hydrogen) atoms. The highest BCUT2D eigenvalue weighted by atomic mass is 16.5. The number of rotatable bonds is 6. The van der Waals surface area contributed by atoms with Gasteiger partial charge in [0.15, 0.2) is 0 Å². The summed E-state index contributed by atoms with van der Waals surface area (Å²) in [5, 5.41) is 6.20. The van der Waals surface area contributed by atoms with Gasteiger partial charge in [-0.05, 0) is 48.4 Å². The lowest BCUT2D eigenvalue weighted by Crippen LogP contribution is -2.18. The molecule has 4 rings (SSSR count). The van der Waals surface area contributed by atoms with Gasteiger partial charge in [-0.3, -0.25) is 4.79 Å². The van der Waals surface area contributed by atoms with Gasteiger partial charge in [0, 0.05) is 23.5 Å². The van der Waals surface area contributed by atoms with E-state index < -0.39 is 0 Å². The molecule has 0 aliphatic rings. The van der Waals surface area contributed by atoms with E-state index in [-0.39, 0.29) is 5.91 Å². The zero-order valence-electron chi connectivity index (χ0n) is 17.9. The average molecular weight is 412 g/mol. The Morgan fingerprint density at radius 1 is 1.00 bits per heavy atom. The van der Waals surface area contributed by atoms with Crippen LogP contribution in [0.4, 0.5) is 0 Å². The number of carbonyl (C=O) groups is 1. The lowest BCUT2D eigenvalue weighted by molar-refractivity contribution is 0.0952. The van der Waals surface area contributed by atoms with Crippen molar-refractivity contribution < 1.29 is 9.53 Å². The van der Waals surface area contributed by atoms with Crippen molar-refractivity contribution >= 4 is 22.9 Å². The molecule has 0 atom stereocenters. The molecule has 4 aromatic rings. The van der Waals surface area contributed by atoms with Crippen molar-refractivity contribution in [1.82, 2.24) is 9.99 Å². The molecule has 5 nitrogen and oxygen atoms in total. The zero-order valence-corrected chi connectivity index (χ0v) is 17.9. The van der Waals surface area contributed by atoms with E-state index >= 15 is 0 Å². The summed E-state index contributed by atoms with van der Waals surface area (Å²) in [6.07, 6.45) is 1.69. The van der Waals surface area contributed by atoms with Crippen LogP contribution < -0.4 is 10.2 Å². The molecular weight excluding hydrogens is 386 g/mol. The third-order valence-corrected chi connectivity index (χ3v) is 5.48. The number of fused-ring (bicyclic) bond motifs is 1. The highest BCUT2D eigenvalue weighted by molar-refractivity contribution is 6.02. The first kappa shape index (κ1) is 20.4. The first-order valence-electron chi connectivity index (χ1n) is 10.2. The van der Waals surface area contributed by atoms with Gasteiger partial charge < -0.3 is 9.30 Å². The highest BCUT2D eigenvalue weighted by Crippen LogP contribution is 2.26. The molecule has 0 aliphatic heterocycles. The van der Waals surface area contributed by atoms with Gasteiger partial charge in [-0.25, -0.2) is 5.43 Å². The van der Waals surface area contributed by atoms with E-state index in [4.69, 9.17) is 4.74 Å². The van der Waals surface area contributed by atoms with Crippen molar-refractivity contribution in [3.63, 3.8) is 0 Å². The Hall–Kier alpha value is -3.86. The molecule has 1 amide bonds. The number of hydrogen-bond donors (Lipinski definition) is 1. The number of hydrazone groups is 1. The summed E-state index contributed by atoms with van der Waals surface area (Å²) in [6, 6.07) is 24.0. The van der Waals surface area contributed by atoms with E-state index in [1.807, 2.05) is 54.6 Å². The van der Waals surface area contributed by atoms with Crippen LogP contribution in [0, 0.1) is 13.8 Å². The SMILES string of the molecule is COc1cc2ccccc2cc1C(=O)NN=Cc1cc(C)n(Cc2ccccc2)c1C. The minimum absolute atomic E-state index is 0.308. The first-order chi connectivity index (χ1) is 15.1. The predicted molar refractivity (Wildman–Crippen MR) is 125 cm³/mol. The molecule has 0 saturated carbocycles. The summed E-state index contributed by atoms with van der Waals surface area (Å²) in [6.45, 7) is 4.93. The van der Waals surface area contributed by atoms with Crippen molar-refractivity contribution in [2.45, 2.75) is 20.4 Å². The summed E-state index contributed by atoms with van der Waals surface area (Å²) in [5.74, 6) is 0.212. The molecule has 0 radical (unpaired) electrons. The third kappa shape index (κ3) is 4.36. The number of amides is 1. The lowest BCUT2D eigenvalue weighted by Gasteiger charge is -2.10. The van der Waals surface area contributed by atoms with Gasteiger partial charge in [0.25, 0.3) is 5.91 Å². The van der Waals surface area contributed by atoms with Gasteiger partial charge in [0.2, 0.25) is 0 Å². The van der Waals surface area contributed by atoms with Crippen molar-refractivity contribution in [1.29, 1.82) is 0 Å². The van der Waals surface area contributed by atoms with Crippen LogP contribution in [-0.4, -0.2) is 23.8 Å². The zero-order chi connectivity index (χ0) is 21.8. The third-order valence-electron chi connectivity index (χ3n) is 5.48. The number of aryl methyl sites for hydroxylation is 1. The van der Waals surface area contributed by atoms with Crippen LogP contribution in [0.1, 0.15) is 32.9 Å². The fourth-order valence-corrected chi connectivity index (χ4v) is 3.75. The molecular formula is C26H25N3O2. The summed E-state index contributed by atoms with van der Waals surface area (Å²) in [4.78, 5) is 12.7. The Kier molecular flexibility index (Phi) is 5.85. The van der Waals surface area contributed by atoms with Crippen LogP contribution in [0.5, 0.6) is 5.75 Å². The predicted octanol–water partition coefficient (Wildman–Crippen LogP) is 5.08. The number of ether oxygens (including phenoxy) is 1. The van der Waals surface area contributed by atoms with E-state index in [0.29, 0.717) is 11.3 Å². The van der Waals surface area contributed by atoms with E-state index in [1.54, 1.807) is 13.3 Å². The van der Waals surface area contributed by atoms with Crippen molar-refractivity contribution in [2.24, 2.45) is 5.10 Å². The van der Waals surface area contributed by atoms with Gasteiger partial charge in [-0.1, -0.05) is 54.6 Å². The molecule has 0 spiro atoms. The van der Waals surface area contributed by atoms with Gasteiger partial charge in [0.1, 0.15) is 5.75 Å². The molecule has 5 heteroatoms. The molecule has 156 valence electrons. The minimum Gasteiger partial charge on any atom is -0.496 e. The van der Waals surface area contributed by atoms with Gasteiger partial charge in [-0.15, -0.1) is 0 Å². The smallest absolute Gasteiger partial charge is 0.275 e. The second-order valence-corrected chi connectivity index (χ2v) is 7.50. The second kappa shape index (κ2) is 8.88. The molecule has 0 fully saturated rings. The molecule has 0 bridgehead atoms. The van der Waals surface area contributed by atoms with Crippen LogP contribution >= 0.6 is 0 Å². The van der Waals surface area contributed by atoms with Crippen LogP contribution in [-0.2, 0) is 6.54 Å². The fourth-order valence-electron chi connectivity index (χ4n) is 3.75. The van der Waals surface area contributed by atoms with Gasteiger partial charge in [-0.2, -0.15) is 5.10 Å². The largest absolute Gasteiger partial charge is 0.496 e. The van der Waals surface area contributed by atoms with Gasteiger partial charge >= 0.3 is 0 Å². The van der Waals surface area contributed by atoms with E-state index in [2.05, 4.69) is 47.1 Å². The Morgan fingerprint density at radius 3 is 2.39 bits per heavy atom. The topological polar surface area (TPSA) is 55.6 Å². The maximum atomic E-state index is 12.7. The van der Waals surface area contributed by atoms with Crippen LogP contribution in [0.3, 0.4) is 0 Å². The van der Waals surface area contributed by atoms with Crippen LogP contribution in [0.15, 0.2) is 77.9 Å². The number of aromatic nitrogens is 1. The lowest BCUT2D eigenvalue weighted by atomic mass is 10.1. The highest BCUT2D eigenvalue weighted by Gasteiger charge is 2.13. The normalized spacial score (nSPS) is 11.2. The number of nitrogens with zero attached hydrogens (tertiary/aromatic N) is 2. The molecule has 1 aromatic heterocycles. The summed E-state index contributed by atoms with van der Waals surface area (Å²) in [5.41, 5.74) is 7.54. The molecule has 3 aromatic carbocycles. The van der Waals surface area contributed by atoms with E-state index in [0.717, 1.165) is 34.3 Å². The van der Waals surface area contributed by atoms with E-state index in [1.165, 1.54) is 5.56 Å². The maximum absolute atomic E-state index is 12.7. The Balaban J connectivity index is 1.52. The number of nitrogens with one attached hydrogen (secondary N) is 1. The van der Waals surface area contributed by atoms with Crippen molar-refractivity contribution in [3.05, 3.63) is 101 Å². The quantitative estimate of drug-likeness (QED) is 0.355. The maximum Gasteiger partial charge on any atom is 0.275 e. The fraction of sp³-hybridized carbons (Fsp3) is 0.154. The Labute approximate surface area is 182 Å². The first-order valence-corrected chi connectivity index (χ1v) is 10.2. The summed E-state index contributed by atoms with van der Waals surface area (Å²) < 4.78 is 7.66. The molecule has 0 saturated heterocycles. The average Bonchev–Trinajstić information content (AvgIpc) is 3.06. The number of benzene rings is 3. The number of methoxy groups -OCH3 is 1. The Bertz CT molecular complexity index is 1260. The van der Waals surface area contributed by atoms with Crippen molar-refractivity contribution in [3.8, 4) is 5.75 Å². The van der Waals surface area contributed by atoms with Crippen LogP contribution in [0.25, 0.3) is 10.8 Å². The van der Waals surface area contributed by atoms with Gasteiger partial charge in [0.05, 0.1) is 18.9 Å². The molecule has 1 N–H and O–H groups in total. The standard InChI is InChI=1S/C26H25N3O2/c1-18-13-23(19(2)29(18)17-20-9-5-4-6-10-20)16-27-28-26(30)24-14-21-11-7-8-12-22(21)15-25(24)31-3/h4-16H,17H2,1-3H3,(H,28,30). The minimum atomic E-state index is -0.308. The molecule has 0 aliphatic carbocycles. The van der Waals surface area contributed by atoms with E-state index in [9.17, 15) is 4.79 Å². The second-order valence-electron chi connectivity index (χ2n) is 7.50. The number of hydrogen-bond acceptors (Lipinski definition) is 3. The monoisotopic (exact) mass is 411 g/mol. The Morgan fingerprint density at radius 2 is 1.68 bits per heavy atom. The van der Waals surface area contributed by atoms with Crippen LogP contribution in [0.2, 0.25) is 0 Å². The molecule has 1 heterocycles. The summed E-state index contributed by atoms with van der Waals surface area (Å²) >= 11 is 0. The molecule has 0 unspecified atom stereocenters. The number of carbonyl (C=O) groups excluding carboxylic acids is 1. The van der Waals surface area contributed by atoms with Crippen molar-refractivity contribution in [2.75, 3.05) is 7.11 Å².